The van der Waals surface area contributed by atoms with Crippen molar-refractivity contribution in [3.05, 3.63) is 0 Å². The lowest BCUT2D eigenvalue weighted by Crippen LogP contribution is -2.12. The van der Waals surface area contributed by atoms with E-state index in [-0.39, 0.29) is 5.71 Å². The number of rotatable bonds is 6. The summed E-state index contributed by atoms with van der Waals surface area (Å²) in [5, 5.41) is 7.30. The summed E-state index contributed by atoms with van der Waals surface area (Å²) in [7, 11) is 0. The predicted octanol–water partition coefficient (Wildman–Crippen LogP) is 3.33. The van der Waals surface area contributed by atoms with Crippen LogP contribution >= 0.6 is 0 Å². The van der Waals surface area contributed by atoms with Gasteiger partial charge in [0.15, 0.2) is 0 Å². The molecule has 0 aliphatic rings. The smallest absolute Gasteiger partial charge is 0.137 e. The molecular weight excluding hydrogens is 141 g/mol. The fraction of sp³-hybridized carbons (Fsp3) is 0.889. The summed E-state index contributed by atoms with van der Waals surface area (Å²) in [5.41, 5.74) is 0.279. The molecule has 11 heavy (non-hydrogen) atoms. The molecule has 1 N–H and O–H groups in total. The summed E-state index contributed by atoms with van der Waals surface area (Å²) >= 11 is 0. The molecule has 1 atom stereocenters. The summed E-state index contributed by atoms with van der Waals surface area (Å²) in [6.45, 7) is 3.88. The van der Waals surface area contributed by atoms with Gasteiger partial charge in [-0.1, -0.05) is 26.7 Å². The summed E-state index contributed by atoms with van der Waals surface area (Å²) in [6.07, 6.45) is 3.31. The topological polar surface area (TPSA) is 23.9 Å². The standard InChI is InChI=1S/C9H18FN/c1-3-5-6-7-9(11)8(10)4-2/h8,11H,3-7H2,1-2H3. The molecule has 0 heterocycles. The molecule has 0 saturated heterocycles. The van der Waals surface area contributed by atoms with Gasteiger partial charge in [-0.2, -0.15) is 0 Å². The number of nitrogens with one attached hydrogen (secondary N) is 1. The quantitative estimate of drug-likeness (QED) is 0.454. The van der Waals surface area contributed by atoms with E-state index in [0.29, 0.717) is 12.8 Å². The Kier molecular flexibility index (Phi) is 6.09. The van der Waals surface area contributed by atoms with Gasteiger partial charge in [-0.25, -0.2) is 4.39 Å². The van der Waals surface area contributed by atoms with Gasteiger partial charge < -0.3 is 5.41 Å². The fourth-order valence-corrected chi connectivity index (χ4v) is 0.968. The average molecular weight is 159 g/mol. The highest BCUT2D eigenvalue weighted by atomic mass is 19.1. The van der Waals surface area contributed by atoms with Crippen molar-refractivity contribution in [2.75, 3.05) is 0 Å². The number of alkyl halides is 1. The van der Waals surface area contributed by atoms with Crippen molar-refractivity contribution in [1.29, 1.82) is 5.41 Å². The van der Waals surface area contributed by atoms with Crippen molar-refractivity contribution in [3.8, 4) is 0 Å². The van der Waals surface area contributed by atoms with Crippen molar-refractivity contribution < 1.29 is 4.39 Å². The minimum atomic E-state index is -0.994. The largest absolute Gasteiger partial charge is 0.307 e. The number of hydrogen-bond donors (Lipinski definition) is 1. The normalized spacial score (nSPS) is 13.0. The lowest BCUT2D eigenvalue weighted by molar-refractivity contribution is 0.406. The van der Waals surface area contributed by atoms with Crippen LogP contribution in [0.2, 0.25) is 0 Å². The van der Waals surface area contributed by atoms with E-state index in [4.69, 9.17) is 5.41 Å². The van der Waals surface area contributed by atoms with E-state index < -0.39 is 6.17 Å². The first kappa shape index (κ1) is 10.6. The molecular formula is C9H18FN. The Bertz CT molecular complexity index is 112. The van der Waals surface area contributed by atoms with Crippen LogP contribution in [0.1, 0.15) is 46.0 Å². The number of hydrogen-bond acceptors (Lipinski definition) is 1. The van der Waals surface area contributed by atoms with Crippen molar-refractivity contribution in [1.82, 2.24) is 0 Å². The number of halogens is 1. The second kappa shape index (κ2) is 6.32. The van der Waals surface area contributed by atoms with Gasteiger partial charge in [0, 0.05) is 5.71 Å². The summed E-state index contributed by atoms with van der Waals surface area (Å²) in [4.78, 5) is 0. The Morgan fingerprint density at radius 3 is 2.45 bits per heavy atom. The molecule has 0 fully saturated rings. The van der Waals surface area contributed by atoms with E-state index in [2.05, 4.69) is 6.92 Å². The lowest BCUT2D eigenvalue weighted by atomic mass is 10.1. The highest BCUT2D eigenvalue weighted by Crippen LogP contribution is 2.06. The summed E-state index contributed by atoms with van der Waals surface area (Å²) < 4.78 is 12.7. The molecule has 0 aliphatic heterocycles. The van der Waals surface area contributed by atoms with Gasteiger partial charge in [0.25, 0.3) is 0 Å². The van der Waals surface area contributed by atoms with E-state index in [1.165, 1.54) is 0 Å². The van der Waals surface area contributed by atoms with E-state index in [9.17, 15) is 4.39 Å². The van der Waals surface area contributed by atoms with Crippen LogP contribution in [0.15, 0.2) is 0 Å². The molecule has 0 aliphatic carbocycles. The van der Waals surface area contributed by atoms with Crippen LogP contribution in [0.25, 0.3) is 0 Å². The molecule has 0 radical (unpaired) electrons. The molecule has 0 saturated carbocycles. The Hall–Kier alpha value is -0.400. The third-order valence-electron chi connectivity index (χ3n) is 1.79. The van der Waals surface area contributed by atoms with Crippen molar-refractivity contribution >= 4 is 5.71 Å². The van der Waals surface area contributed by atoms with E-state index in [1.807, 2.05) is 0 Å². The maximum atomic E-state index is 12.7. The van der Waals surface area contributed by atoms with Gasteiger partial charge in [-0.15, -0.1) is 0 Å². The van der Waals surface area contributed by atoms with Crippen LogP contribution < -0.4 is 0 Å². The molecule has 1 nitrogen and oxygen atoms in total. The van der Waals surface area contributed by atoms with Gasteiger partial charge in [-0.3, -0.25) is 0 Å². The maximum absolute atomic E-state index is 12.7. The molecule has 0 bridgehead atoms. The summed E-state index contributed by atoms with van der Waals surface area (Å²) in [5.74, 6) is 0. The maximum Gasteiger partial charge on any atom is 0.137 e. The van der Waals surface area contributed by atoms with Gasteiger partial charge in [0.2, 0.25) is 0 Å². The lowest BCUT2D eigenvalue weighted by Gasteiger charge is -2.05. The van der Waals surface area contributed by atoms with Crippen LogP contribution in [0.3, 0.4) is 0 Å². The average Bonchev–Trinajstić information content (AvgIpc) is 2.03. The minimum absolute atomic E-state index is 0.279. The van der Waals surface area contributed by atoms with Crippen LogP contribution in [-0.2, 0) is 0 Å². The zero-order valence-corrected chi connectivity index (χ0v) is 7.49. The van der Waals surface area contributed by atoms with E-state index >= 15 is 0 Å². The summed E-state index contributed by atoms with van der Waals surface area (Å²) in [6, 6.07) is 0. The Labute approximate surface area is 68.5 Å². The zero-order chi connectivity index (χ0) is 8.69. The molecule has 0 aromatic rings. The predicted molar refractivity (Wildman–Crippen MR) is 47.1 cm³/mol. The fourth-order valence-electron chi connectivity index (χ4n) is 0.968. The number of unbranched alkanes of at least 4 members (excludes halogenated alkanes) is 2. The minimum Gasteiger partial charge on any atom is -0.307 e. The SMILES string of the molecule is CCCCCC(=N)C(F)CC. The molecule has 66 valence electrons. The second-order valence-electron chi connectivity index (χ2n) is 2.86. The Morgan fingerprint density at radius 1 is 1.36 bits per heavy atom. The van der Waals surface area contributed by atoms with Crippen LogP contribution in [0, 0.1) is 5.41 Å². The third-order valence-corrected chi connectivity index (χ3v) is 1.79. The van der Waals surface area contributed by atoms with Crippen molar-refractivity contribution in [2.24, 2.45) is 0 Å². The monoisotopic (exact) mass is 159 g/mol. The van der Waals surface area contributed by atoms with E-state index in [0.717, 1.165) is 19.3 Å². The van der Waals surface area contributed by atoms with Crippen LogP contribution in [0.4, 0.5) is 4.39 Å². The van der Waals surface area contributed by atoms with Gasteiger partial charge in [0.05, 0.1) is 0 Å². The molecule has 0 aromatic carbocycles. The molecule has 2 heteroatoms. The van der Waals surface area contributed by atoms with Crippen LogP contribution in [0.5, 0.6) is 0 Å². The highest BCUT2D eigenvalue weighted by molar-refractivity contribution is 5.85. The zero-order valence-electron chi connectivity index (χ0n) is 7.49. The second-order valence-corrected chi connectivity index (χ2v) is 2.86. The van der Waals surface area contributed by atoms with Gasteiger partial charge in [-0.05, 0) is 19.3 Å². The van der Waals surface area contributed by atoms with Crippen molar-refractivity contribution in [2.45, 2.75) is 52.1 Å². The molecule has 0 spiro atoms. The van der Waals surface area contributed by atoms with Gasteiger partial charge >= 0.3 is 0 Å². The van der Waals surface area contributed by atoms with Crippen molar-refractivity contribution in [3.63, 3.8) is 0 Å². The highest BCUT2D eigenvalue weighted by Gasteiger charge is 2.08. The molecule has 0 aromatic heterocycles. The molecule has 0 amide bonds. The Balaban J connectivity index is 3.36. The van der Waals surface area contributed by atoms with Gasteiger partial charge in [0.1, 0.15) is 6.17 Å². The first-order chi connectivity index (χ1) is 5.22. The third kappa shape index (κ3) is 4.93. The van der Waals surface area contributed by atoms with E-state index in [1.54, 1.807) is 6.92 Å². The first-order valence-electron chi connectivity index (χ1n) is 4.43. The Morgan fingerprint density at radius 2 is 2.00 bits per heavy atom. The molecule has 0 rings (SSSR count). The molecule has 1 unspecified atom stereocenters. The van der Waals surface area contributed by atoms with Crippen LogP contribution in [-0.4, -0.2) is 11.9 Å². The first-order valence-corrected chi connectivity index (χ1v) is 4.43.